The molecular formula is C21H27N3O. The Balaban J connectivity index is 1.56. The minimum Gasteiger partial charge on any atom is -0.351 e. The third kappa shape index (κ3) is 4.27. The zero-order valence-electron chi connectivity index (χ0n) is 15.0. The van der Waals surface area contributed by atoms with Crippen molar-refractivity contribution in [3.05, 3.63) is 71.3 Å². The van der Waals surface area contributed by atoms with Gasteiger partial charge in [-0.2, -0.15) is 0 Å². The lowest BCUT2D eigenvalue weighted by molar-refractivity contribution is -0.125. The molecule has 1 aliphatic heterocycles. The first-order valence-electron chi connectivity index (χ1n) is 8.92. The van der Waals surface area contributed by atoms with Crippen LogP contribution in [0.5, 0.6) is 0 Å². The maximum atomic E-state index is 12.5. The van der Waals surface area contributed by atoms with Gasteiger partial charge in [-0.25, -0.2) is 0 Å². The number of nitrogens with zero attached hydrogens (tertiary/aromatic N) is 1. The quantitative estimate of drug-likeness (QED) is 0.881. The highest BCUT2D eigenvalue weighted by Gasteiger charge is 2.35. The number of carbonyl (C=O) groups is 1. The molecule has 1 aliphatic rings. The average Bonchev–Trinajstić information content (AvgIpc) is 3.03. The van der Waals surface area contributed by atoms with Crippen LogP contribution in [0.15, 0.2) is 54.6 Å². The van der Waals surface area contributed by atoms with Gasteiger partial charge in [0, 0.05) is 31.6 Å². The van der Waals surface area contributed by atoms with Gasteiger partial charge in [0.1, 0.15) is 0 Å². The molecule has 132 valence electrons. The number of benzene rings is 2. The molecule has 0 aromatic heterocycles. The van der Waals surface area contributed by atoms with Crippen LogP contribution in [0.25, 0.3) is 0 Å². The molecule has 1 heterocycles. The summed E-state index contributed by atoms with van der Waals surface area (Å²) >= 11 is 0. The number of amides is 1. The van der Waals surface area contributed by atoms with Gasteiger partial charge in [0.2, 0.25) is 5.91 Å². The molecule has 1 unspecified atom stereocenters. The van der Waals surface area contributed by atoms with Crippen LogP contribution in [0.4, 0.5) is 0 Å². The van der Waals surface area contributed by atoms with E-state index in [1.165, 1.54) is 11.1 Å². The number of nitrogens with one attached hydrogen (secondary N) is 1. The van der Waals surface area contributed by atoms with E-state index < -0.39 is 0 Å². The molecule has 3 atom stereocenters. The van der Waals surface area contributed by atoms with Crippen LogP contribution < -0.4 is 11.1 Å². The van der Waals surface area contributed by atoms with Gasteiger partial charge in [-0.3, -0.25) is 9.69 Å². The van der Waals surface area contributed by atoms with Crippen LogP contribution >= 0.6 is 0 Å². The molecule has 2 aromatic carbocycles. The van der Waals surface area contributed by atoms with Crippen molar-refractivity contribution in [1.29, 1.82) is 0 Å². The fourth-order valence-electron chi connectivity index (χ4n) is 3.44. The number of nitrogens with two attached hydrogens (primary N) is 1. The zero-order valence-corrected chi connectivity index (χ0v) is 15.0. The largest absolute Gasteiger partial charge is 0.351 e. The molecule has 0 radical (unpaired) electrons. The maximum absolute atomic E-state index is 12.5. The summed E-state index contributed by atoms with van der Waals surface area (Å²) in [5, 5.41) is 3.04. The first kappa shape index (κ1) is 17.6. The van der Waals surface area contributed by atoms with Crippen LogP contribution in [-0.4, -0.2) is 36.0 Å². The van der Waals surface area contributed by atoms with E-state index in [4.69, 9.17) is 5.73 Å². The standard InChI is InChI=1S/C21H27N3O/c1-15-8-10-17(11-9-15)12-23-21(25)16(2)24-13-19(20(22)14-24)18-6-4-3-5-7-18/h3-11,16,19-20H,12-14,22H2,1-2H3,(H,23,25)/t16?,19-,20+/m0/s1. The van der Waals surface area contributed by atoms with Crippen LogP contribution in [0.1, 0.15) is 29.5 Å². The highest BCUT2D eigenvalue weighted by atomic mass is 16.2. The van der Waals surface area contributed by atoms with Crippen LogP contribution in [-0.2, 0) is 11.3 Å². The van der Waals surface area contributed by atoms with Crippen LogP contribution in [0, 0.1) is 6.92 Å². The Hall–Kier alpha value is -2.17. The number of aryl methyl sites for hydroxylation is 1. The Morgan fingerprint density at radius 1 is 1.16 bits per heavy atom. The molecule has 1 saturated heterocycles. The Labute approximate surface area is 150 Å². The lowest BCUT2D eigenvalue weighted by atomic mass is 9.95. The van der Waals surface area contributed by atoms with Gasteiger partial charge in [-0.15, -0.1) is 0 Å². The van der Waals surface area contributed by atoms with E-state index in [9.17, 15) is 4.79 Å². The van der Waals surface area contributed by atoms with Crippen molar-refractivity contribution < 1.29 is 4.79 Å². The van der Waals surface area contributed by atoms with Gasteiger partial charge in [-0.05, 0) is 25.0 Å². The number of carbonyl (C=O) groups excluding carboxylic acids is 1. The Kier molecular flexibility index (Phi) is 5.51. The van der Waals surface area contributed by atoms with E-state index in [1.54, 1.807) is 0 Å². The second-order valence-corrected chi connectivity index (χ2v) is 7.01. The van der Waals surface area contributed by atoms with E-state index in [0.717, 1.165) is 18.7 Å². The summed E-state index contributed by atoms with van der Waals surface area (Å²) in [5.41, 5.74) is 9.94. The van der Waals surface area contributed by atoms with Crippen molar-refractivity contribution in [2.45, 2.75) is 38.4 Å². The predicted molar refractivity (Wildman–Crippen MR) is 101 cm³/mol. The molecule has 25 heavy (non-hydrogen) atoms. The van der Waals surface area contributed by atoms with Crippen LogP contribution in [0.2, 0.25) is 0 Å². The molecule has 4 heteroatoms. The molecule has 0 saturated carbocycles. The third-order valence-electron chi connectivity index (χ3n) is 5.14. The van der Waals surface area contributed by atoms with Crippen molar-refractivity contribution >= 4 is 5.91 Å². The summed E-state index contributed by atoms with van der Waals surface area (Å²) in [6.07, 6.45) is 0. The van der Waals surface area contributed by atoms with Crippen LogP contribution in [0.3, 0.4) is 0 Å². The van der Waals surface area contributed by atoms with Crippen molar-refractivity contribution in [3.8, 4) is 0 Å². The fourth-order valence-corrected chi connectivity index (χ4v) is 3.44. The molecule has 2 aromatic rings. The lowest BCUT2D eigenvalue weighted by Crippen LogP contribution is -2.44. The maximum Gasteiger partial charge on any atom is 0.237 e. The number of rotatable bonds is 5. The molecule has 1 fully saturated rings. The highest BCUT2D eigenvalue weighted by Crippen LogP contribution is 2.27. The summed E-state index contributed by atoms with van der Waals surface area (Å²) in [4.78, 5) is 14.7. The molecular weight excluding hydrogens is 310 g/mol. The Morgan fingerprint density at radius 2 is 1.84 bits per heavy atom. The fraction of sp³-hybridized carbons (Fsp3) is 0.381. The molecule has 4 nitrogen and oxygen atoms in total. The van der Waals surface area contributed by atoms with E-state index in [1.807, 2.05) is 25.1 Å². The lowest BCUT2D eigenvalue weighted by Gasteiger charge is -2.23. The van der Waals surface area contributed by atoms with E-state index >= 15 is 0 Å². The Bertz CT molecular complexity index is 699. The smallest absolute Gasteiger partial charge is 0.237 e. The van der Waals surface area contributed by atoms with Crippen molar-refractivity contribution in [2.75, 3.05) is 13.1 Å². The number of likely N-dealkylation sites (tertiary alicyclic amines) is 1. The van der Waals surface area contributed by atoms with Crippen molar-refractivity contribution in [2.24, 2.45) is 5.73 Å². The summed E-state index contributed by atoms with van der Waals surface area (Å²) < 4.78 is 0. The molecule has 0 aliphatic carbocycles. The molecule has 0 bridgehead atoms. The van der Waals surface area contributed by atoms with Gasteiger partial charge in [0.05, 0.1) is 6.04 Å². The molecule has 1 amide bonds. The summed E-state index contributed by atoms with van der Waals surface area (Å²) in [6.45, 7) is 6.16. The van der Waals surface area contributed by atoms with Gasteiger partial charge >= 0.3 is 0 Å². The van der Waals surface area contributed by atoms with E-state index in [2.05, 4.69) is 53.5 Å². The third-order valence-corrected chi connectivity index (χ3v) is 5.14. The molecule has 3 rings (SSSR count). The first-order chi connectivity index (χ1) is 12.0. The van der Waals surface area contributed by atoms with Gasteiger partial charge in [-0.1, -0.05) is 60.2 Å². The van der Waals surface area contributed by atoms with Crippen molar-refractivity contribution in [1.82, 2.24) is 10.2 Å². The van der Waals surface area contributed by atoms with E-state index in [-0.39, 0.29) is 23.9 Å². The second-order valence-electron chi connectivity index (χ2n) is 7.01. The second kappa shape index (κ2) is 7.81. The highest BCUT2D eigenvalue weighted by molar-refractivity contribution is 5.81. The minimum absolute atomic E-state index is 0.0569. The van der Waals surface area contributed by atoms with Crippen molar-refractivity contribution in [3.63, 3.8) is 0 Å². The zero-order chi connectivity index (χ0) is 17.8. The van der Waals surface area contributed by atoms with Gasteiger partial charge in [0.25, 0.3) is 0 Å². The summed E-state index contributed by atoms with van der Waals surface area (Å²) in [7, 11) is 0. The summed E-state index contributed by atoms with van der Waals surface area (Å²) in [5.74, 6) is 0.343. The summed E-state index contributed by atoms with van der Waals surface area (Å²) in [6, 6.07) is 18.5. The normalized spacial score (nSPS) is 21.9. The first-order valence-corrected chi connectivity index (χ1v) is 8.92. The number of hydrogen-bond acceptors (Lipinski definition) is 3. The average molecular weight is 337 g/mol. The van der Waals surface area contributed by atoms with Gasteiger partial charge in [0.15, 0.2) is 0 Å². The van der Waals surface area contributed by atoms with E-state index in [0.29, 0.717) is 6.54 Å². The molecule has 3 N–H and O–H groups in total. The predicted octanol–water partition coefficient (Wildman–Crippen LogP) is 2.43. The molecule has 0 spiro atoms. The monoisotopic (exact) mass is 337 g/mol. The SMILES string of the molecule is Cc1ccc(CNC(=O)C(C)N2C[C@@H](N)[C@H](c3ccccc3)C2)cc1. The topological polar surface area (TPSA) is 58.4 Å². The van der Waals surface area contributed by atoms with Gasteiger partial charge < -0.3 is 11.1 Å². The minimum atomic E-state index is -0.176. The number of hydrogen-bond donors (Lipinski definition) is 2. The Morgan fingerprint density at radius 3 is 2.52 bits per heavy atom.